The molecule has 0 N–H and O–H groups in total. The van der Waals surface area contributed by atoms with Crippen molar-refractivity contribution in [2.24, 2.45) is 0 Å². The Morgan fingerprint density at radius 3 is 2.87 bits per heavy atom. The van der Waals surface area contributed by atoms with Crippen molar-refractivity contribution in [2.75, 3.05) is 0 Å². The molecule has 15 heavy (non-hydrogen) atoms. The molecule has 76 valence electrons. The minimum Gasteiger partial charge on any atom is -0.439 e. The molecule has 1 aromatic carbocycles. The smallest absolute Gasteiger partial charge is 0.260 e. The first-order valence-electron chi connectivity index (χ1n) is 4.44. The van der Waals surface area contributed by atoms with Crippen molar-refractivity contribution in [3.8, 4) is 0 Å². The van der Waals surface area contributed by atoms with Crippen LogP contribution in [0.4, 0.5) is 0 Å². The molecule has 2 aromatic rings. The number of nitrogens with zero attached hydrogens (tertiary/aromatic N) is 1. The maximum atomic E-state index is 10.8. The molecule has 0 atom stereocenters. The molecule has 0 aliphatic heterocycles. The summed E-state index contributed by atoms with van der Waals surface area (Å²) in [4.78, 5) is 15.8. The van der Waals surface area contributed by atoms with E-state index in [1.54, 1.807) is 12.3 Å². The van der Waals surface area contributed by atoms with Crippen molar-refractivity contribution in [3.63, 3.8) is 0 Å². The molecule has 0 radical (unpaired) electrons. The summed E-state index contributed by atoms with van der Waals surface area (Å²) in [5.41, 5.74) is 1.49. The van der Waals surface area contributed by atoms with Crippen molar-refractivity contribution >= 4 is 18.0 Å². The molecule has 0 saturated heterocycles. The highest BCUT2D eigenvalue weighted by molar-refractivity contribution is 7.99. The van der Waals surface area contributed by atoms with Gasteiger partial charge in [0.05, 0.1) is 5.69 Å². The zero-order chi connectivity index (χ0) is 10.7. The number of aromatic nitrogens is 1. The summed E-state index contributed by atoms with van der Waals surface area (Å²) < 4.78 is 5.20. The van der Waals surface area contributed by atoms with E-state index in [0.717, 1.165) is 16.9 Å². The molecule has 0 spiro atoms. The fraction of sp³-hybridized carbons (Fsp3) is 0.0909. The van der Waals surface area contributed by atoms with Gasteiger partial charge in [-0.25, -0.2) is 4.98 Å². The number of rotatable bonds is 3. The average Bonchev–Trinajstić information content (AvgIpc) is 2.65. The number of hydrogen-bond acceptors (Lipinski definition) is 4. The zero-order valence-electron chi connectivity index (χ0n) is 8.14. The number of aldehydes is 1. The third-order valence-electron chi connectivity index (χ3n) is 1.84. The van der Waals surface area contributed by atoms with Gasteiger partial charge in [0.1, 0.15) is 6.26 Å². The van der Waals surface area contributed by atoms with E-state index in [0.29, 0.717) is 10.8 Å². The first-order chi connectivity index (χ1) is 7.29. The molecule has 2 rings (SSSR count). The predicted octanol–water partition coefficient (Wildman–Crippen LogP) is 2.95. The van der Waals surface area contributed by atoms with E-state index in [9.17, 15) is 4.79 Å². The molecular formula is C11H9NO2S. The van der Waals surface area contributed by atoms with Crippen molar-refractivity contribution in [1.82, 2.24) is 4.98 Å². The largest absolute Gasteiger partial charge is 0.439 e. The Bertz CT molecular complexity index is 479. The Kier molecular flexibility index (Phi) is 2.87. The normalized spacial score (nSPS) is 10.2. The van der Waals surface area contributed by atoms with Gasteiger partial charge in [0.2, 0.25) is 0 Å². The summed E-state index contributed by atoms with van der Waals surface area (Å²) >= 11 is 1.35. The topological polar surface area (TPSA) is 43.1 Å². The van der Waals surface area contributed by atoms with Gasteiger partial charge < -0.3 is 4.42 Å². The zero-order valence-corrected chi connectivity index (χ0v) is 8.95. The van der Waals surface area contributed by atoms with Gasteiger partial charge in [-0.3, -0.25) is 4.79 Å². The van der Waals surface area contributed by atoms with E-state index in [2.05, 4.69) is 4.98 Å². The number of benzene rings is 1. The van der Waals surface area contributed by atoms with Gasteiger partial charge in [0.15, 0.2) is 6.29 Å². The summed E-state index contributed by atoms with van der Waals surface area (Å²) in [6, 6.07) is 7.35. The molecule has 0 aliphatic rings. The quantitative estimate of drug-likeness (QED) is 0.744. The Hall–Kier alpha value is -1.55. The van der Waals surface area contributed by atoms with Crippen LogP contribution in [0.25, 0.3) is 0 Å². The maximum absolute atomic E-state index is 10.8. The third kappa shape index (κ3) is 2.27. The van der Waals surface area contributed by atoms with Crippen LogP contribution in [0, 0.1) is 6.92 Å². The standard InChI is InChI=1S/C11H9NO2S/c1-8-7-14-11(12-8)15-10-5-3-2-4-9(10)6-13/h2-7H,1H3. The van der Waals surface area contributed by atoms with Crippen LogP contribution in [-0.2, 0) is 0 Å². The highest BCUT2D eigenvalue weighted by Gasteiger charge is 2.06. The second-order valence-corrected chi connectivity index (χ2v) is 4.01. The van der Waals surface area contributed by atoms with Crippen LogP contribution in [0.3, 0.4) is 0 Å². The number of aryl methyl sites for hydroxylation is 1. The summed E-state index contributed by atoms with van der Waals surface area (Å²) in [5, 5.41) is 0.557. The summed E-state index contributed by atoms with van der Waals surface area (Å²) in [7, 11) is 0. The van der Waals surface area contributed by atoms with Gasteiger partial charge in [-0.1, -0.05) is 18.2 Å². The summed E-state index contributed by atoms with van der Waals surface area (Å²) in [6.07, 6.45) is 2.42. The van der Waals surface area contributed by atoms with E-state index in [1.165, 1.54) is 11.8 Å². The van der Waals surface area contributed by atoms with Crippen LogP contribution >= 0.6 is 11.8 Å². The van der Waals surface area contributed by atoms with Gasteiger partial charge in [-0.15, -0.1) is 0 Å². The average molecular weight is 219 g/mol. The maximum Gasteiger partial charge on any atom is 0.260 e. The number of carbonyl (C=O) groups excluding carboxylic acids is 1. The van der Waals surface area contributed by atoms with Crippen LogP contribution in [-0.4, -0.2) is 11.3 Å². The molecule has 0 amide bonds. The van der Waals surface area contributed by atoms with E-state index in [1.807, 2.05) is 25.1 Å². The molecule has 1 aromatic heterocycles. The van der Waals surface area contributed by atoms with Crippen LogP contribution in [0.5, 0.6) is 0 Å². The Balaban J connectivity index is 2.27. The van der Waals surface area contributed by atoms with E-state index in [4.69, 9.17) is 4.42 Å². The Morgan fingerprint density at radius 1 is 1.40 bits per heavy atom. The number of carbonyl (C=O) groups is 1. The molecule has 4 heteroatoms. The van der Waals surface area contributed by atoms with Crippen LogP contribution in [0.1, 0.15) is 16.1 Å². The van der Waals surface area contributed by atoms with Gasteiger partial charge >= 0.3 is 0 Å². The van der Waals surface area contributed by atoms with E-state index < -0.39 is 0 Å². The molecule has 0 bridgehead atoms. The molecule has 1 heterocycles. The number of hydrogen-bond donors (Lipinski definition) is 0. The van der Waals surface area contributed by atoms with Crippen molar-refractivity contribution in [2.45, 2.75) is 17.0 Å². The van der Waals surface area contributed by atoms with Gasteiger partial charge in [-0.05, 0) is 24.8 Å². The first-order valence-corrected chi connectivity index (χ1v) is 5.25. The number of oxazole rings is 1. The van der Waals surface area contributed by atoms with Gasteiger partial charge in [0.25, 0.3) is 5.22 Å². The fourth-order valence-electron chi connectivity index (χ4n) is 1.14. The van der Waals surface area contributed by atoms with Crippen molar-refractivity contribution < 1.29 is 9.21 Å². The highest BCUT2D eigenvalue weighted by Crippen LogP contribution is 2.28. The second kappa shape index (κ2) is 4.31. The van der Waals surface area contributed by atoms with Crippen molar-refractivity contribution in [3.05, 3.63) is 41.8 Å². The first kappa shape index (κ1) is 9.98. The lowest BCUT2D eigenvalue weighted by Crippen LogP contribution is -1.83. The third-order valence-corrected chi connectivity index (χ3v) is 2.80. The second-order valence-electron chi connectivity index (χ2n) is 3.01. The summed E-state index contributed by atoms with van der Waals surface area (Å²) in [6.45, 7) is 1.86. The molecule has 0 fully saturated rings. The highest BCUT2D eigenvalue weighted by atomic mass is 32.2. The summed E-state index contributed by atoms with van der Waals surface area (Å²) in [5.74, 6) is 0. The lowest BCUT2D eigenvalue weighted by atomic mass is 10.2. The Labute approximate surface area is 91.5 Å². The molecule has 0 saturated carbocycles. The van der Waals surface area contributed by atoms with Crippen molar-refractivity contribution in [1.29, 1.82) is 0 Å². The fourth-order valence-corrected chi connectivity index (χ4v) is 2.00. The van der Waals surface area contributed by atoms with Gasteiger partial charge in [0, 0.05) is 10.5 Å². The monoisotopic (exact) mass is 219 g/mol. The van der Waals surface area contributed by atoms with E-state index in [-0.39, 0.29) is 0 Å². The SMILES string of the molecule is Cc1coc(Sc2ccccc2C=O)n1. The minimum atomic E-state index is 0.557. The molecule has 0 unspecified atom stereocenters. The van der Waals surface area contributed by atoms with Crippen LogP contribution in [0.15, 0.2) is 45.1 Å². The Morgan fingerprint density at radius 2 is 2.20 bits per heavy atom. The molecular weight excluding hydrogens is 210 g/mol. The molecule has 3 nitrogen and oxygen atoms in total. The van der Waals surface area contributed by atoms with E-state index >= 15 is 0 Å². The van der Waals surface area contributed by atoms with Gasteiger partial charge in [-0.2, -0.15) is 0 Å². The minimum absolute atomic E-state index is 0.557. The predicted molar refractivity (Wildman–Crippen MR) is 57.2 cm³/mol. The van der Waals surface area contributed by atoms with Crippen LogP contribution < -0.4 is 0 Å². The lowest BCUT2D eigenvalue weighted by Gasteiger charge is -1.99. The lowest BCUT2D eigenvalue weighted by molar-refractivity contribution is 0.112. The van der Waals surface area contributed by atoms with Crippen LogP contribution in [0.2, 0.25) is 0 Å². The molecule has 0 aliphatic carbocycles.